The Hall–Kier alpha value is 0. The molecule has 0 aromatic carbocycles. The maximum absolute atomic E-state index is 2.45. The van der Waals surface area contributed by atoms with Gasteiger partial charge in [-0.05, 0) is 73.5 Å². The van der Waals surface area contributed by atoms with Gasteiger partial charge in [-0.25, -0.2) is 0 Å². The molecule has 5 fully saturated rings. The quantitative estimate of drug-likeness (QED) is 0.364. The first-order chi connectivity index (χ1) is 14.6. The predicted molar refractivity (Wildman–Crippen MR) is 140 cm³/mol. The molecule has 0 heterocycles. The molecule has 5 aliphatic carbocycles. The second-order valence-corrected chi connectivity index (χ2v) is 10.4. The highest BCUT2D eigenvalue weighted by atomic mass is 14.5. The van der Waals surface area contributed by atoms with Crippen molar-refractivity contribution in [3.8, 4) is 0 Å². The summed E-state index contributed by atoms with van der Waals surface area (Å²) in [5.41, 5.74) is 0.887. The Morgan fingerprint density at radius 2 is 1.03 bits per heavy atom. The molecule has 0 aromatic rings. The SMILES string of the molecule is CC.CC.CC.CC1CCC2CC2C1.CC1CCCCC1.CC1CCCCC12CC2. The lowest BCUT2D eigenvalue weighted by Crippen LogP contribution is -2.17. The largest absolute Gasteiger partial charge is 0.0683 e. The van der Waals surface area contributed by atoms with E-state index in [0.717, 1.165) is 23.2 Å². The van der Waals surface area contributed by atoms with Gasteiger partial charge in [0.25, 0.3) is 0 Å². The Kier molecular flexibility index (Phi) is 17.5. The molecule has 0 amide bonds. The van der Waals surface area contributed by atoms with Crippen molar-refractivity contribution in [3.63, 3.8) is 0 Å². The molecule has 0 nitrogen and oxygen atoms in total. The van der Waals surface area contributed by atoms with Gasteiger partial charge in [-0.3, -0.25) is 0 Å². The van der Waals surface area contributed by atoms with Gasteiger partial charge in [-0.15, -0.1) is 0 Å². The van der Waals surface area contributed by atoms with Crippen LogP contribution in [0.5, 0.6) is 0 Å². The predicted octanol–water partition coefficient (Wildman–Crippen LogP) is 11.1. The number of hydrogen-bond acceptors (Lipinski definition) is 0. The molecule has 30 heavy (non-hydrogen) atoms. The summed E-state index contributed by atoms with van der Waals surface area (Å²) >= 11 is 0. The van der Waals surface area contributed by atoms with Gasteiger partial charge in [0, 0.05) is 0 Å². The highest BCUT2D eigenvalue weighted by molar-refractivity contribution is 4.98. The maximum Gasteiger partial charge on any atom is -0.0271 e. The van der Waals surface area contributed by atoms with Gasteiger partial charge in [0.15, 0.2) is 0 Å². The summed E-state index contributed by atoms with van der Waals surface area (Å²) in [7, 11) is 0. The van der Waals surface area contributed by atoms with Crippen LogP contribution in [0.4, 0.5) is 0 Å². The molecule has 182 valence electrons. The molecular weight excluding hydrogens is 360 g/mol. The van der Waals surface area contributed by atoms with Crippen molar-refractivity contribution in [1.29, 1.82) is 0 Å². The molecule has 0 aromatic heterocycles. The van der Waals surface area contributed by atoms with Crippen molar-refractivity contribution in [1.82, 2.24) is 0 Å². The fourth-order valence-electron chi connectivity index (χ4n) is 5.78. The van der Waals surface area contributed by atoms with Crippen LogP contribution in [-0.4, -0.2) is 0 Å². The minimum atomic E-state index is 0.887. The van der Waals surface area contributed by atoms with Gasteiger partial charge in [0.2, 0.25) is 0 Å². The molecule has 0 heteroatoms. The van der Waals surface area contributed by atoms with Gasteiger partial charge in [0.05, 0.1) is 0 Å². The smallest absolute Gasteiger partial charge is 0.0271 e. The summed E-state index contributed by atoms with van der Waals surface area (Å²) < 4.78 is 0. The van der Waals surface area contributed by atoms with Gasteiger partial charge in [0.1, 0.15) is 0 Å². The van der Waals surface area contributed by atoms with Crippen molar-refractivity contribution in [2.24, 2.45) is 35.0 Å². The molecular formula is C30H62. The highest BCUT2D eigenvalue weighted by Crippen LogP contribution is 2.59. The van der Waals surface area contributed by atoms with E-state index in [0.29, 0.717) is 0 Å². The zero-order chi connectivity index (χ0) is 23.0. The van der Waals surface area contributed by atoms with Crippen molar-refractivity contribution in [2.45, 2.75) is 159 Å². The van der Waals surface area contributed by atoms with Gasteiger partial charge >= 0.3 is 0 Å². The second-order valence-electron chi connectivity index (χ2n) is 10.4. The van der Waals surface area contributed by atoms with E-state index in [4.69, 9.17) is 0 Å². The van der Waals surface area contributed by atoms with Crippen LogP contribution in [-0.2, 0) is 0 Å². The lowest BCUT2D eigenvalue weighted by Gasteiger charge is -2.28. The summed E-state index contributed by atoms with van der Waals surface area (Å²) in [5.74, 6) is 5.52. The summed E-state index contributed by atoms with van der Waals surface area (Å²) in [6, 6.07) is 0. The number of rotatable bonds is 0. The lowest BCUT2D eigenvalue weighted by molar-refractivity contribution is 0.232. The fourth-order valence-corrected chi connectivity index (χ4v) is 5.78. The average Bonchev–Trinajstić information content (AvgIpc) is 3.73. The van der Waals surface area contributed by atoms with E-state index in [2.05, 4.69) is 20.8 Å². The Balaban J connectivity index is 0.000000376. The minimum Gasteiger partial charge on any atom is -0.0683 e. The fraction of sp³-hybridized carbons (Fsp3) is 1.00. The van der Waals surface area contributed by atoms with Crippen LogP contribution in [0.15, 0.2) is 0 Å². The molecule has 4 unspecified atom stereocenters. The van der Waals surface area contributed by atoms with Gasteiger partial charge in [-0.2, -0.15) is 0 Å². The Labute approximate surface area is 193 Å². The Bertz CT molecular complexity index is 360. The monoisotopic (exact) mass is 422 g/mol. The molecule has 0 N–H and O–H groups in total. The van der Waals surface area contributed by atoms with Crippen LogP contribution < -0.4 is 0 Å². The summed E-state index contributed by atoms with van der Waals surface area (Å²) in [6.45, 7) is 19.2. The molecule has 5 aliphatic rings. The first-order valence-electron chi connectivity index (χ1n) is 14.6. The Morgan fingerprint density at radius 3 is 1.40 bits per heavy atom. The van der Waals surface area contributed by atoms with Crippen LogP contribution in [0.1, 0.15) is 159 Å². The van der Waals surface area contributed by atoms with Crippen LogP contribution in [0.3, 0.4) is 0 Å². The zero-order valence-corrected chi connectivity index (χ0v) is 23.0. The zero-order valence-electron chi connectivity index (χ0n) is 23.0. The third-order valence-electron chi connectivity index (χ3n) is 8.20. The van der Waals surface area contributed by atoms with E-state index in [9.17, 15) is 0 Å². The van der Waals surface area contributed by atoms with Crippen LogP contribution in [0.25, 0.3) is 0 Å². The number of fused-ring (bicyclic) bond motifs is 1. The summed E-state index contributed by atoms with van der Waals surface area (Å²) in [6.07, 6.45) is 22.8. The molecule has 5 saturated carbocycles. The molecule has 1 spiro atoms. The lowest BCUT2D eigenvalue weighted by atomic mass is 9.78. The Morgan fingerprint density at radius 1 is 0.467 bits per heavy atom. The van der Waals surface area contributed by atoms with Crippen molar-refractivity contribution < 1.29 is 0 Å². The van der Waals surface area contributed by atoms with E-state index in [1.807, 2.05) is 41.5 Å². The second kappa shape index (κ2) is 17.5. The standard InChI is InChI=1S/C9H16.C8H14.C7H14.3C2H6/c1-8-4-2-3-5-9(8)6-7-9;1-6-2-3-7-5-8(7)4-6;1-7-5-3-2-4-6-7;3*1-2/h8H,2-7H2,1H3;6-8H,2-5H2,1H3;7H,2-6H2,1H3;3*1-2H3. The maximum atomic E-state index is 2.45. The van der Waals surface area contributed by atoms with E-state index < -0.39 is 0 Å². The minimum absolute atomic E-state index is 0.887. The van der Waals surface area contributed by atoms with Gasteiger partial charge in [-0.1, -0.05) is 120 Å². The molecule has 0 saturated heterocycles. The third-order valence-corrected chi connectivity index (χ3v) is 8.20. The molecule has 0 aliphatic heterocycles. The summed E-state index contributed by atoms with van der Waals surface area (Å²) in [5, 5.41) is 0. The van der Waals surface area contributed by atoms with Crippen LogP contribution in [0, 0.1) is 35.0 Å². The first kappa shape index (κ1) is 30.0. The molecule has 0 bridgehead atoms. The molecule has 4 atom stereocenters. The summed E-state index contributed by atoms with van der Waals surface area (Å²) in [4.78, 5) is 0. The average molecular weight is 423 g/mol. The van der Waals surface area contributed by atoms with Gasteiger partial charge < -0.3 is 0 Å². The van der Waals surface area contributed by atoms with Crippen molar-refractivity contribution in [3.05, 3.63) is 0 Å². The van der Waals surface area contributed by atoms with Crippen LogP contribution in [0.2, 0.25) is 0 Å². The van der Waals surface area contributed by atoms with E-state index in [-0.39, 0.29) is 0 Å². The van der Waals surface area contributed by atoms with E-state index in [1.54, 1.807) is 38.5 Å². The van der Waals surface area contributed by atoms with E-state index in [1.165, 1.54) is 69.6 Å². The van der Waals surface area contributed by atoms with Crippen molar-refractivity contribution >= 4 is 0 Å². The molecule has 0 radical (unpaired) electrons. The highest BCUT2D eigenvalue weighted by Gasteiger charge is 2.47. The normalized spacial score (nSPS) is 32.3. The van der Waals surface area contributed by atoms with E-state index >= 15 is 0 Å². The third kappa shape index (κ3) is 11.6. The number of hydrogen-bond donors (Lipinski definition) is 0. The molecule has 5 rings (SSSR count). The van der Waals surface area contributed by atoms with Crippen LogP contribution >= 0.6 is 0 Å². The topological polar surface area (TPSA) is 0 Å². The van der Waals surface area contributed by atoms with Crippen molar-refractivity contribution in [2.75, 3.05) is 0 Å². The first-order valence-corrected chi connectivity index (χ1v) is 14.6.